The van der Waals surface area contributed by atoms with E-state index >= 15 is 0 Å². The number of rotatable bonds is 5. The average Bonchev–Trinajstić information content (AvgIpc) is 2.93. The summed E-state index contributed by atoms with van der Waals surface area (Å²) in [6.45, 7) is 4.22. The maximum absolute atomic E-state index is 6.07. The Morgan fingerprint density at radius 2 is 2.00 bits per heavy atom. The van der Waals surface area contributed by atoms with E-state index in [2.05, 4.69) is 19.2 Å². The van der Waals surface area contributed by atoms with E-state index < -0.39 is 0 Å². The SMILES string of the molecule is CCC(NC(C)c1ccco1)c1ccc(Cl)c(Cl)c1. The minimum atomic E-state index is 0.148. The summed E-state index contributed by atoms with van der Waals surface area (Å²) in [5.74, 6) is 0.929. The van der Waals surface area contributed by atoms with E-state index in [1.54, 1.807) is 6.26 Å². The Labute approximate surface area is 123 Å². The first-order valence-electron chi connectivity index (χ1n) is 6.36. The Hall–Kier alpha value is -0.960. The zero-order chi connectivity index (χ0) is 13.8. The quantitative estimate of drug-likeness (QED) is 0.800. The van der Waals surface area contributed by atoms with Crippen molar-refractivity contribution in [3.8, 4) is 0 Å². The predicted octanol–water partition coefficient (Wildman–Crippen LogP) is 5.39. The van der Waals surface area contributed by atoms with Crippen molar-refractivity contribution in [1.82, 2.24) is 5.32 Å². The molecule has 2 rings (SSSR count). The number of hydrogen-bond acceptors (Lipinski definition) is 2. The van der Waals surface area contributed by atoms with E-state index in [-0.39, 0.29) is 12.1 Å². The number of benzene rings is 1. The summed E-state index contributed by atoms with van der Waals surface area (Å²) in [5, 5.41) is 4.71. The molecule has 4 heteroatoms. The van der Waals surface area contributed by atoms with Crippen LogP contribution in [0.15, 0.2) is 41.0 Å². The fourth-order valence-electron chi connectivity index (χ4n) is 2.10. The highest BCUT2D eigenvalue weighted by atomic mass is 35.5. The topological polar surface area (TPSA) is 25.2 Å². The Kier molecular flexibility index (Phi) is 4.92. The predicted molar refractivity (Wildman–Crippen MR) is 79.8 cm³/mol. The van der Waals surface area contributed by atoms with Gasteiger partial charge < -0.3 is 9.73 Å². The molecule has 0 aliphatic rings. The van der Waals surface area contributed by atoms with Crippen molar-refractivity contribution in [1.29, 1.82) is 0 Å². The minimum absolute atomic E-state index is 0.148. The molecule has 0 bridgehead atoms. The largest absolute Gasteiger partial charge is 0.468 e. The van der Waals surface area contributed by atoms with E-state index in [0.717, 1.165) is 17.7 Å². The van der Waals surface area contributed by atoms with Gasteiger partial charge in [0.25, 0.3) is 0 Å². The molecule has 102 valence electrons. The van der Waals surface area contributed by atoms with Gasteiger partial charge in [-0.2, -0.15) is 0 Å². The van der Waals surface area contributed by atoms with Crippen molar-refractivity contribution in [2.45, 2.75) is 32.4 Å². The van der Waals surface area contributed by atoms with Crippen molar-refractivity contribution in [3.05, 3.63) is 58.0 Å². The Bertz CT molecular complexity index is 525. The van der Waals surface area contributed by atoms with Gasteiger partial charge in [0.05, 0.1) is 22.4 Å². The number of hydrogen-bond donors (Lipinski definition) is 1. The van der Waals surface area contributed by atoms with Gasteiger partial charge in [-0.25, -0.2) is 0 Å². The third-order valence-electron chi connectivity index (χ3n) is 3.18. The van der Waals surface area contributed by atoms with E-state index in [1.165, 1.54) is 0 Å². The van der Waals surface area contributed by atoms with Crippen LogP contribution >= 0.6 is 23.2 Å². The molecule has 1 heterocycles. The third kappa shape index (κ3) is 3.53. The van der Waals surface area contributed by atoms with Crippen LogP contribution in [-0.2, 0) is 0 Å². The van der Waals surface area contributed by atoms with Crippen molar-refractivity contribution in [2.24, 2.45) is 0 Å². The highest BCUT2D eigenvalue weighted by molar-refractivity contribution is 6.42. The van der Waals surface area contributed by atoms with Crippen LogP contribution in [0, 0.1) is 0 Å². The smallest absolute Gasteiger partial charge is 0.120 e. The molecule has 1 aromatic heterocycles. The fourth-order valence-corrected chi connectivity index (χ4v) is 2.41. The zero-order valence-corrected chi connectivity index (χ0v) is 12.5. The average molecular weight is 298 g/mol. The highest BCUT2D eigenvalue weighted by Gasteiger charge is 2.16. The molecule has 1 aromatic carbocycles. The number of nitrogens with one attached hydrogen (secondary N) is 1. The van der Waals surface area contributed by atoms with Crippen molar-refractivity contribution in [2.75, 3.05) is 0 Å². The molecule has 0 saturated carbocycles. The zero-order valence-electron chi connectivity index (χ0n) is 11.0. The van der Waals surface area contributed by atoms with Crippen LogP contribution in [0.4, 0.5) is 0 Å². The summed E-state index contributed by atoms with van der Waals surface area (Å²) < 4.78 is 5.41. The molecule has 2 atom stereocenters. The lowest BCUT2D eigenvalue weighted by molar-refractivity contribution is 0.387. The summed E-state index contributed by atoms with van der Waals surface area (Å²) >= 11 is 12.0. The van der Waals surface area contributed by atoms with Crippen LogP contribution in [0.3, 0.4) is 0 Å². The molecular weight excluding hydrogens is 281 g/mol. The van der Waals surface area contributed by atoms with Crippen LogP contribution in [0.2, 0.25) is 10.0 Å². The maximum Gasteiger partial charge on any atom is 0.120 e. The summed E-state index contributed by atoms with van der Waals surface area (Å²) in [6.07, 6.45) is 2.65. The van der Waals surface area contributed by atoms with Gasteiger partial charge in [-0.05, 0) is 43.2 Å². The molecule has 0 aliphatic carbocycles. The Balaban J connectivity index is 2.13. The fraction of sp³-hybridized carbons (Fsp3) is 0.333. The molecule has 19 heavy (non-hydrogen) atoms. The van der Waals surface area contributed by atoms with Gasteiger partial charge >= 0.3 is 0 Å². The molecule has 2 nitrogen and oxygen atoms in total. The molecule has 2 unspecified atom stereocenters. The second kappa shape index (κ2) is 6.47. The molecule has 1 N–H and O–H groups in total. The standard InChI is InChI=1S/C15H17Cl2NO/c1-3-14(11-6-7-12(16)13(17)9-11)18-10(2)15-5-4-8-19-15/h4-10,14,18H,3H2,1-2H3. The van der Waals surface area contributed by atoms with Crippen LogP contribution in [0.25, 0.3) is 0 Å². The molecular formula is C15H17Cl2NO. The van der Waals surface area contributed by atoms with Gasteiger partial charge in [-0.1, -0.05) is 36.2 Å². The number of halogens is 2. The minimum Gasteiger partial charge on any atom is -0.468 e. The van der Waals surface area contributed by atoms with Gasteiger partial charge in [0, 0.05) is 6.04 Å². The molecule has 0 saturated heterocycles. The van der Waals surface area contributed by atoms with Crippen LogP contribution in [0.5, 0.6) is 0 Å². The van der Waals surface area contributed by atoms with Crippen molar-refractivity contribution >= 4 is 23.2 Å². The van der Waals surface area contributed by atoms with Gasteiger partial charge in [0.2, 0.25) is 0 Å². The first kappa shape index (κ1) is 14.4. The molecule has 0 fully saturated rings. The highest BCUT2D eigenvalue weighted by Crippen LogP contribution is 2.28. The summed E-state index contributed by atoms with van der Waals surface area (Å²) in [4.78, 5) is 0. The van der Waals surface area contributed by atoms with Gasteiger partial charge in [-0.3, -0.25) is 0 Å². The summed E-state index contributed by atoms with van der Waals surface area (Å²) in [5.41, 5.74) is 1.13. The first-order valence-corrected chi connectivity index (χ1v) is 7.11. The maximum atomic E-state index is 6.07. The van der Waals surface area contributed by atoms with Gasteiger partial charge in [0.15, 0.2) is 0 Å². The van der Waals surface area contributed by atoms with Gasteiger partial charge in [0.1, 0.15) is 5.76 Å². The van der Waals surface area contributed by atoms with Crippen LogP contribution in [-0.4, -0.2) is 0 Å². The number of furan rings is 1. The third-order valence-corrected chi connectivity index (χ3v) is 3.91. The Morgan fingerprint density at radius 3 is 2.58 bits per heavy atom. The van der Waals surface area contributed by atoms with E-state index in [0.29, 0.717) is 10.0 Å². The van der Waals surface area contributed by atoms with Crippen LogP contribution < -0.4 is 5.32 Å². The van der Waals surface area contributed by atoms with Crippen molar-refractivity contribution in [3.63, 3.8) is 0 Å². The Morgan fingerprint density at radius 1 is 1.21 bits per heavy atom. The van der Waals surface area contributed by atoms with Crippen molar-refractivity contribution < 1.29 is 4.42 Å². The summed E-state index contributed by atoms with van der Waals surface area (Å²) in [7, 11) is 0. The first-order chi connectivity index (χ1) is 9.11. The molecule has 2 aromatic rings. The van der Waals surface area contributed by atoms with Gasteiger partial charge in [-0.15, -0.1) is 0 Å². The molecule has 0 spiro atoms. The molecule has 0 aliphatic heterocycles. The molecule has 0 amide bonds. The molecule has 0 radical (unpaired) electrons. The van der Waals surface area contributed by atoms with E-state index in [1.807, 2.05) is 30.3 Å². The van der Waals surface area contributed by atoms with Crippen LogP contribution in [0.1, 0.15) is 43.7 Å². The second-order valence-electron chi connectivity index (χ2n) is 4.54. The second-order valence-corrected chi connectivity index (χ2v) is 5.35. The monoisotopic (exact) mass is 297 g/mol. The normalized spacial score (nSPS) is 14.3. The van der Waals surface area contributed by atoms with E-state index in [9.17, 15) is 0 Å². The van der Waals surface area contributed by atoms with E-state index in [4.69, 9.17) is 27.6 Å². The summed E-state index contributed by atoms with van der Waals surface area (Å²) in [6, 6.07) is 9.99. The lowest BCUT2D eigenvalue weighted by Gasteiger charge is -2.22. The lowest BCUT2D eigenvalue weighted by atomic mass is 10.0. The lowest BCUT2D eigenvalue weighted by Crippen LogP contribution is -2.23.